The molecule has 2 heterocycles. The van der Waals surface area contributed by atoms with Gasteiger partial charge >= 0.3 is 6.03 Å². The minimum atomic E-state index is -2.71. The zero-order valence-electron chi connectivity index (χ0n) is 8.79. The first-order valence-corrected chi connectivity index (χ1v) is 7.16. The lowest BCUT2D eigenvalue weighted by Gasteiger charge is -2.35. The van der Waals surface area contributed by atoms with Gasteiger partial charge in [-0.3, -0.25) is 10.1 Å². The highest BCUT2D eigenvalue weighted by atomic mass is 127. The van der Waals surface area contributed by atoms with E-state index in [9.17, 15) is 24.2 Å². The summed E-state index contributed by atoms with van der Waals surface area (Å²) >= 11 is -1.24. The molecule has 18 heavy (non-hydrogen) atoms. The Morgan fingerprint density at radius 2 is 2.28 bits per heavy atom. The SMILES string of the molecule is O=C1NC(=O)N([C@]2(O)O[C@H](CO)[C@@H](O)C2F)C=I1. The highest BCUT2D eigenvalue weighted by molar-refractivity contribution is 14.2. The molecule has 1 unspecified atom stereocenters. The van der Waals surface area contributed by atoms with E-state index in [1.54, 1.807) is 0 Å². The first-order valence-electron chi connectivity index (χ1n) is 4.84. The Hall–Kier alpha value is -0.690. The number of amides is 3. The molecule has 1 fully saturated rings. The molecule has 0 aromatic rings. The van der Waals surface area contributed by atoms with Gasteiger partial charge in [-0.25, -0.2) is 14.1 Å². The second-order valence-corrected chi connectivity index (χ2v) is 5.83. The maximum absolute atomic E-state index is 13.8. The van der Waals surface area contributed by atoms with Crippen molar-refractivity contribution in [3.63, 3.8) is 0 Å². The van der Waals surface area contributed by atoms with Crippen molar-refractivity contribution < 1.29 is 34.0 Å². The maximum Gasteiger partial charge on any atom is 0.333 e. The lowest BCUT2D eigenvalue weighted by atomic mass is 10.1. The molecule has 102 valence electrons. The van der Waals surface area contributed by atoms with Crippen molar-refractivity contribution in [3.05, 3.63) is 0 Å². The zero-order chi connectivity index (χ0) is 13.5. The van der Waals surface area contributed by atoms with E-state index in [4.69, 9.17) is 9.84 Å². The summed E-state index contributed by atoms with van der Waals surface area (Å²) in [5, 5.41) is 30.2. The second kappa shape index (κ2) is 4.77. The van der Waals surface area contributed by atoms with Gasteiger partial charge in [0, 0.05) is 20.7 Å². The Bertz CT molecular complexity index is 420. The molecule has 0 radical (unpaired) electrons. The number of nitrogens with zero attached hydrogens (tertiary/aromatic N) is 1. The lowest BCUT2D eigenvalue weighted by molar-refractivity contribution is -0.267. The monoisotopic (exact) mass is 376 g/mol. The minimum absolute atomic E-state index is 0.494. The summed E-state index contributed by atoms with van der Waals surface area (Å²) in [5.74, 6) is -2.71. The van der Waals surface area contributed by atoms with E-state index in [2.05, 4.69) is 0 Å². The van der Waals surface area contributed by atoms with E-state index in [-0.39, 0.29) is 0 Å². The van der Waals surface area contributed by atoms with Crippen LogP contribution in [0.1, 0.15) is 0 Å². The van der Waals surface area contributed by atoms with Crippen LogP contribution in [0.3, 0.4) is 0 Å². The van der Waals surface area contributed by atoms with E-state index in [0.29, 0.717) is 4.90 Å². The molecule has 2 aliphatic rings. The van der Waals surface area contributed by atoms with Crippen molar-refractivity contribution in [2.75, 3.05) is 6.61 Å². The van der Waals surface area contributed by atoms with Gasteiger partial charge in [0.25, 0.3) is 9.82 Å². The molecule has 0 saturated carbocycles. The molecule has 0 aliphatic carbocycles. The lowest BCUT2D eigenvalue weighted by Crippen LogP contribution is -2.61. The highest BCUT2D eigenvalue weighted by Crippen LogP contribution is 2.35. The van der Waals surface area contributed by atoms with Gasteiger partial charge in [-0.1, -0.05) is 0 Å². The molecule has 1 saturated heterocycles. The Balaban J connectivity index is 2.29. The number of halogens is 2. The number of aliphatic hydroxyl groups excluding tert-OH is 2. The number of aliphatic hydroxyl groups is 3. The average Bonchev–Trinajstić information content (AvgIpc) is 2.54. The van der Waals surface area contributed by atoms with Crippen molar-refractivity contribution in [2.24, 2.45) is 0 Å². The quantitative estimate of drug-likeness (QED) is 0.267. The number of rotatable bonds is 2. The number of hydrogen-bond acceptors (Lipinski definition) is 6. The summed E-state index contributed by atoms with van der Waals surface area (Å²) < 4.78 is 19.2. The maximum atomic E-state index is 13.8. The Kier molecular flexibility index (Phi) is 3.64. The molecule has 0 aromatic carbocycles. The number of carbonyl (C=O) groups is 2. The van der Waals surface area contributed by atoms with E-state index in [1.807, 2.05) is 5.32 Å². The molecule has 4 N–H and O–H groups in total. The van der Waals surface area contributed by atoms with Crippen molar-refractivity contribution in [2.45, 2.75) is 24.3 Å². The topological polar surface area (TPSA) is 119 Å². The van der Waals surface area contributed by atoms with E-state index < -0.39 is 61.6 Å². The fourth-order valence-electron chi connectivity index (χ4n) is 1.63. The third-order valence-electron chi connectivity index (χ3n) is 2.56. The van der Waals surface area contributed by atoms with Gasteiger partial charge in [0.15, 0.2) is 0 Å². The molecule has 8 nitrogen and oxygen atoms in total. The number of imide groups is 1. The van der Waals surface area contributed by atoms with Crippen LogP contribution in [0.2, 0.25) is 0 Å². The Morgan fingerprint density at radius 3 is 2.78 bits per heavy atom. The summed E-state index contributed by atoms with van der Waals surface area (Å²) in [7, 11) is 0. The van der Waals surface area contributed by atoms with E-state index >= 15 is 0 Å². The smallest absolute Gasteiger partial charge is 0.333 e. The fraction of sp³-hybridized carbons (Fsp3) is 0.625. The third kappa shape index (κ3) is 2.03. The molecule has 10 heteroatoms. The fourth-order valence-corrected chi connectivity index (χ4v) is 3.20. The minimum Gasteiger partial charge on any atom is -0.394 e. The van der Waals surface area contributed by atoms with Crippen LogP contribution in [-0.4, -0.2) is 65.2 Å². The summed E-state index contributed by atoms with van der Waals surface area (Å²) in [6.45, 7) is -0.715. The van der Waals surface area contributed by atoms with Crippen molar-refractivity contribution in [1.29, 1.82) is 0 Å². The van der Waals surface area contributed by atoms with Crippen LogP contribution in [0.15, 0.2) is 0 Å². The first kappa shape index (κ1) is 13.7. The number of carbonyl (C=O) groups excluding carboxylic acids is 2. The Morgan fingerprint density at radius 1 is 1.61 bits per heavy atom. The first-order chi connectivity index (χ1) is 8.40. The number of hydrogen-bond donors (Lipinski definition) is 4. The second-order valence-electron chi connectivity index (χ2n) is 3.67. The number of urea groups is 1. The van der Waals surface area contributed by atoms with Crippen molar-refractivity contribution >= 4 is 34.8 Å². The largest absolute Gasteiger partial charge is 0.394 e. The Labute approximate surface area is 110 Å². The van der Waals surface area contributed by atoms with Crippen LogP contribution in [0, 0.1) is 0 Å². The normalized spacial score (nSPS) is 40.7. The number of nitrogens with one attached hydrogen (secondary N) is 1. The van der Waals surface area contributed by atoms with Gasteiger partial charge in [0.05, 0.1) is 10.7 Å². The van der Waals surface area contributed by atoms with Gasteiger partial charge in [0.2, 0.25) is 6.17 Å². The van der Waals surface area contributed by atoms with E-state index in [0.717, 1.165) is 4.14 Å². The number of alkyl halides is 1. The predicted molar refractivity (Wildman–Crippen MR) is 63.7 cm³/mol. The highest BCUT2D eigenvalue weighted by Gasteiger charge is 2.60. The average molecular weight is 376 g/mol. The molecular formula is C8H10FIN2O6. The van der Waals surface area contributed by atoms with Gasteiger partial charge in [-0.15, -0.1) is 0 Å². The molecule has 2 aliphatic heterocycles. The summed E-state index contributed by atoms with van der Waals surface area (Å²) in [4.78, 5) is 22.9. The molecule has 4 atom stereocenters. The van der Waals surface area contributed by atoms with Gasteiger partial charge in [0.1, 0.15) is 12.2 Å². The van der Waals surface area contributed by atoms with Crippen LogP contribution < -0.4 is 5.32 Å². The molecule has 0 spiro atoms. The predicted octanol–water partition coefficient (Wildman–Crippen LogP) is -1.40. The van der Waals surface area contributed by atoms with Crippen LogP contribution in [0.4, 0.5) is 14.0 Å². The zero-order valence-corrected chi connectivity index (χ0v) is 10.9. The van der Waals surface area contributed by atoms with E-state index in [1.165, 1.54) is 0 Å². The summed E-state index contributed by atoms with van der Waals surface area (Å²) in [6, 6.07) is -1.04. The molecule has 0 aromatic heterocycles. The molecule has 3 amide bonds. The van der Waals surface area contributed by atoms with Crippen LogP contribution >= 0.6 is 20.7 Å². The van der Waals surface area contributed by atoms with Crippen LogP contribution in [-0.2, 0) is 4.74 Å². The van der Waals surface area contributed by atoms with Gasteiger partial charge < -0.3 is 20.1 Å². The number of ether oxygens (including phenoxy) is 1. The van der Waals surface area contributed by atoms with Crippen molar-refractivity contribution in [3.8, 4) is 0 Å². The summed E-state index contributed by atoms with van der Waals surface area (Å²) in [5.41, 5.74) is 0. The van der Waals surface area contributed by atoms with Crippen LogP contribution in [0.25, 0.3) is 0 Å². The van der Waals surface area contributed by atoms with Crippen molar-refractivity contribution in [1.82, 2.24) is 10.2 Å². The molecule has 2 rings (SSSR count). The molecule has 0 bridgehead atoms. The standard InChI is InChI=1S/C8H10FIN2O6/c9-5-4(14)3(1-13)18-8(5,17)12-2-10-6(15)11-7(12)16/h2-5,13-14,17H,1H2,(H,11,15,16)/t3-,4-,5?,8-/m1/s1. The van der Waals surface area contributed by atoms with Gasteiger partial charge in [-0.2, -0.15) is 0 Å². The third-order valence-corrected chi connectivity index (χ3v) is 4.23. The summed E-state index contributed by atoms with van der Waals surface area (Å²) in [6.07, 6.45) is -5.42. The van der Waals surface area contributed by atoms with Crippen LogP contribution in [0.5, 0.6) is 0 Å². The molecular weight excluding hydrogens is 366 g/mol. The van der Waals surface area contributed by atoms with Gasteiger partial charge in [-0.05, 0) is 0 Å².